The Labute approximate surface area is 159 Å². The van der Waals surface area contributed by atoms with Crippen molar-refractivity contribution in [3.63, 3.8) is 0 Å². The van der Waals surface area contributed by atoms with Gasteiger partial charge in [0.15, 0.2) is 5.82 Å². The molecule has 0 aliphatic carbocycles. The van der Waals surface area contributed by atoms with Gasteiger partial charge in [0.05, 0.1) is 4.90 Å². The van der Waals surface area contributed by atoms with Crippen molar-refractivity contribution in [1.82, 2.24) is 19.4 Å². The Balaban J connectivity index is 1.99. The fourth-order valence-electron chi connectivity index (χ4n) is 2.08. The topological polar surface area (TPSA) is 108 Å². The lowest BCUT2D eigenvalue weighted by Gasteiger charge is -2.12. The number of nitrogens with one attached hydrogen (secondary N) is 2. The lowest BCUT2D eigenvalue weighted by molar-refractivity contribution is 0.102. The molecular formula is C17H24N6O3S. The molecule has 0 unspecified atom stereocenters. The van der Waals surface area contributed by atoms with Crippen LogP contribution in [0.2, 0.25) is 0 Å². The summed E-state index contributed by atoms with van der Waals surface area (Å²) in [5, 5.41) is 13.7. The molecule has 146 valence electrons. The Bertz CT molecular complexity index is 865. The first kappa shape index (κ1) is 20.7. The number of carbonyl (C=O) groups is 1. The molecular weight excluding hydrogens is 368 g/mol. The maximum absolute atomic E-state index is 12.3. The van der Waals surface area contributed by atoms with Crippen molar-refractivity contribution in [2.45, 2.75) is 4.90 Å². The van der Waals surface area contributed by atoms with Crippen molar-refractivity contribution in [2.75, 3.05) is 51.9 Å². The summed E-state index contributed by atoms with van der Waals surface area (Å²) in [5.41, 5.74) is 0.322. The van der Waals surface area contributed by atoms with Crippen LogP contribution >= 0.6 is 0 Å². The maximum atomic E-state index is 12.3. The van der Waals surface area contributed by atoms with E-state index in [4.69, 9.17) is 0 Å². The summed E-state index contributed by atoms with van der Waals surface area (Å²) in [6.07, 6.45) is 0. The molecule has 1 aromatic heterocycles. The molecule has 2 N–H and O–H groups in total. The molecule has 2 rings (SSSR count). The van der Waals surface area contributed by atoms with Gasteiger partial charge in [-0.05, 0) is 50.5 Å². The molecule has 0 fully saturated rings. The van der Waals surface area contributed by atoms with Crippen molar-refractivity contribution >= 4 is 27.6 Å². The second kappa shape index (κ2) is 8.89. The minimum atomic E-state index is -3.53. The summed E-state index contributed by atoms with van der Waals surface area (Å²) in [5.74, 6) is 0.530. The summed E-state index contributed by atoms with van der Waals surface area (Å²) < 4.78 is 25.2. The van der Waals surface area contributed by atoms with Gasteiger partial charge in [-0.3, -0.25) is 4.79 Å². The number of sulfonamides is 1. The third-order valence-electron chi connectivity index (χ3n) is 3.67. The number of nitrogens with zero attached hydrogens (tertiary/aromatic N) is 4. The van der Waals surface area contributed by atoms with Crippen LogP contribution in [0.25, 0.3) is 0 Å². The van der Waals surface area contributed by atoms with Crippen molar-refractivity contribution < 1.29 is 13.2 Å². The second-order valence-electron chi connectivity index (χ2n) is 6.30. The van der Waals surface area contributed by atoms with E-state index >= 15 is 0 Å². The van der Waals surface area contributed by atoms with Gasteiger partial charge in [-0.25, -0.2) is 12.7 Å². The van der Waals surface area contributed by atoms with Crippen LogP contribution in [-0.4, -0.2) is 75.0 Å². The SMILES string of the molecule is CN(C)CCNc1ccc(NC(=O)c2ccc(S(=O)(=O)N(C)C)cc2)nn1. The molecule has 10 heteroatoms. The van der Waals surface area contributed by atoms with E-state index in [0.717, 1.165) is 17.4 Å². The predicted molar refractivity (Wildman–Crippen MR) is 104 cm³/mol. The van der Waals surface area contributed by atoms with Crippen LogP contribution in [0.1, 0.15) is 10.4 Å². The first-order valence-electron chi connectivity index (χ1n) is 8.26. The average Bonchev–Trinajstić information content (AvgIpc) is 2.63. The highest BCUT2D eigenvalue weighted by molar-refractivity contribution is 7.89. The molecule has 0 saturated heterocycles. The van der Waals surface area contributed by atoms with E-state index in [1.165, 1.54) is 38.4 Å². The Morgan fingerprint density at radius 2 is 1.56 bits per heavy atom. The normalized spacial score (nSPS) is 11.6. The summed E-state index contributed by atoms with van der Waals surface area (Å²) in [6.45, 7) is 1.59. The monoisotopic (exact) mass is 392 g/mol. The summed E-state index contributed by atoms with van der Waals surface area (Å²) in [6, 6.07) is 9.08. The molecule has 0 bridgehead atoms. The van der Waals surface area contributed by atoms with E-state index in [2.05, 4.69) is 20.8 Å². The van der Waals surface area contributed by atoms with Crippen LogP contribution in [0.4, 0.5) is 11.6 Å². The van der Waals surface area contributed by atoms with Crippen molar-refractivity contribution in [2.24, 2.45) is 0 Å². The molecule has 0 aliphatic rings. The van der Waals surface area contributed by atoms with Gasteiger partial charge in [-0.15, -0.1) is 10.2 Å². The minimum Gasteiger partial charge on any atom is -0.367 e. The van der Waals surface area contributed by atoms with Gasteiger partial charge in [-0.2, -0.15) is 0 Å². The first-order chi connectivity index (χ1) is 12.7. The molecule has 1 amide bonds. The lowest BCUT2D eigenvalue weighted by atomic mass is 10.2. The van der Waals surface area contributed by atoms with E-state index in [1.807, 2.05) is 19.0 Å². The van der Waals surface area contributed by atoms with E-state index in [-0.39, 0.29) is 4.90 Å². The van der Waals surface area contributed by atoms with Gasteiger partial charge < -0.3 is 15.5 Å². The molecule has 0 saturated carbocycles. The van der Waals surface area contributed by atoms with Gasteiger partial charge in [0, 0.05) is 32.7 Å². The van der Waals surface area contributed by atoms with Crippen molar-refractivity contribution in [1.29, 1.82) is 0 Å². The Morgan fingerprint density at radius 3 is 2.07 bits per heavy atom. The van der Waals surface area contributed by atoms with Gasteiger partial charge in [-0.1, -0.05) is 0 Å². The largest absolute Gasteiger partial charge is 0.367 e. The van der Waals surface area contributed by atoms with E-state index in [1.54, 1.807) is 12.1 Å². The summed E-state index contributed by atoms with van der Waals surface area (Å²) >= 11 is 0. The number of carbonyl (C=O) groups excluding carboxylic acids is 1. The molecule has 1 heterocycles. The molecule has 1 aromatic carbocycles. The van der Waals surface area contributed by atoms with Crippen LogP contribution in [0, 0.1) is 0 Å². The zero-order valence-corrected chi connectivity index (χ0v) is 16.6. The summed E-state index contributed by atoms with van der Waals surface area (Å²) in [4.78, 5) is 14.4. The smallest absolute Gasteiger partial charge is 0.256 e. The van der Waals surface area contributed by atoms with E-state index in [0.29, 0.717) is 17.2 Å². The standard InChI is InChI=1S/C17H24N6O3S/c1-22(2)12-11-18-15-9-10-16(21-20-15)19-17(24)13-5-7-14(8-6-13)27(25,26)23(3)4/h5-10H,11-12H2,1-4H3,(H,18,20)(H,19,21,24). The van der Waals surface area contributed by atoms with Gasteiger partial charge in [0.1, 0.15) is 5.82 Å². The minimum absolute atomic E-state index is 0.122. The number of aromatic nitrogens is 2. The van der Waals surface area contributed by atoms with Crippen LogP contribution in [0.3, 0.4) is 0 Å². The lowest BCUT2D eigenvalue weighted by Crippen LogP contribution is -2.22. The molecule has 0 aliphatic heterocycles. The molecule has 27 heavy (non-hydrogen) atoms. The van der Waals surface area contributed by atoms with Gasteiger partial charge in [0.2, 0.25) is 10.0 Å². The third kappa shape index (κ3) is 5.71. The maximum Gasteiger partial charge on any atom is 0.256 e. The number of amides is 1. The van der Waals surface area contributed by atoms with Crippen LogP contribution in [0.15, 0.2) is 41.3 Å². The molecule has 0 atom stereocenters. The van der Waals surface area contributed by atoms with E-state index in [9.17, 15) is 13.2 Å². The quantitative estimate of drug-likeness (QED) is 0.689. The Morgan fingerprint density at radius 1 is 0.963 bits per heavy atom. The molecule has 9 nitrogen and oxygen atoms in total. The predicted octanol–water partition coefficient (Wildman–Crippen LogP) is 0.953. The summed E-state index contributed by atoms with van der Waals surface area (Å²) in [7, 11) is 3.34. The van der Waals surface area contributed by atoms with Crippen molar-refractivity contribution in [3.05, 3.63) is 42.0 Å². The van der Waals surface area contributed by atoms with Crippen molar-refractivity contribution in [3.8, 4) is 0 Å². The van der Waals surface area contributed by atoms with Crippen LogP contribution < -0.4 is 10.6 Å². The number of anilines is 2. The van der Waals surface area contributed by atoms with Crippen LogP contribution in [0.5, 0.6) is 0 Å². The fraction of sp³-hybridized carbons (Fsp3) is 0.353. The highest BCUT2D eigenvalue weighted by atomic mass is 32.2. The van der Waals surface area contributed by atoms with Gasteiger partial charge in [0.25, 0.3) is 5.91 Å². The highest BCUT2D eigenvalue weighted by Crippen LogP contribution is 2.15. The number of likely N-dealkylation sites (N-methyl/N-ethyl adjacent to an activating group) is 1. The number of rotatable bonds is 8. The average molecular weight is 392 g/mol. The Kier molecular flexibility index (Phi) is 6.83. The highest BCUT2D eigenvalue weighted by Gasteiger charge is 2.17. The molecule has 2 aromatic rings. The molecule has 0 spiro atoms. The fourth-order valence-corrected chi connectivity index (χ4v) is 2.98. The number of hydrogen-bond acceptors (Lipinski definition) is 7. The first-order valence-corrected chi connectivity index (χ1v) is 9.70. The zero-order chi connectivity index (χ0) is 20.0. The van der Waals surface area contributed by atoms with E-state index < -0.39 is 15.9 Å². The number of hydrogen-bond donors (Lipinski definition) is 2. The second-order valence-corrected chi connectivity index (χ2v) is 8.45. The Hall–Kier alpha value is -2.56. The third-order valence-corrected chi connectivity index (χ3v) is 5.50. The zero-order valence-electron chi connectivity index (χ0n) is 15.8. The molecule has 0 radical (unpaired) electrons. The van der Waals surface area contributed by atoms with Crippen LogP contribution in [-0.2, 0) is 10.0 Å². The number of benzene rings is 1. The van der Waals surface area contributed by atoms with Gasteiger partial charge >= 0.3 is 0 Å².